The van der Waals surface area contributed by atoms with Gasteiger partial charge in [-0.25, -0.2) is 0 Å². The van der Waals surface area contributed by atoms with E-state index < -0.39 is 0 Å². The third-order valence-corrected chi connectivity index (χ3v) is 3.17. The van der Waals surface area contributed by atoms with Gasteiger partial charge in [0.15, 0.2) is 0 Å². The Hall–Kier alpha value is -0.760. The smallest absolute Gasteiger partial charge is 0.110 e. The predicted octanol–water partition coefficient (Wildman–Crippen LogP) is 2.27. The van der Waals surface area contributed by atoms with Gasteiger partial charge < -0.3 is 9.47 Å². The Kier molecular flexibility index (Phi) is 2.16. The Labute approximate surface area is 79.2 Å². The van der Waals surface area contributed by atoms with Crippen LogP contribution in [0, 0.1) is 5.92 Å². The number of allylic oxidation sites excluding steroid dienone is 1. The second-order valence-corrected chi connectivity index (χ2v) is 3.83. The highest BCUT2D eigenvalue weighted by Crippen LogP contribution is 2.44. The molecule has 0 spiro atoms. The van der Waals surface area contributed by atoms with E-state index in [1.165, 1.54) is 12.0 Å². The highest BCUT2D eigenvalue weighted by atomic mass is 16.5. The molecule has 0 saturated heterocycles. The molecular weight excluding hydrogens is 164 g/mol. The zero-order valence-corrected chi connectivity index (χ0v) is 8.25. The van der Waals surface area contributed by atoms with Gasteiger partial charge in [0, 0.05) is 12.7 Å². The quantitative estimate of drug-likeness (QED) is 0.479. The van der Waals surface area contributed by atoms with Crippen molar-refractivity contribution in [3.05, 3.63) is 24.0 Å². The van der Waals surface area contributed by atoms with Gasteiger partial charge in [-0.2, -0.15) is 0 Å². The van der Waals surface area contributed by atoms with Crippen molar-refractivity contribution in [3.63, 3.8) is 0 Å². The molecule has 0 aromatic rings. The van der Waals surface area contributed by atoms with E-state index in [2.05, 4.69) is 12.2 Å². The molecule has 13 heavy (non-hydrogen) atoms. The largest absolute Gasteiger partial charge is 0.504 e. The Morgan fingerprint density at radius 2 is 2.38 bits per heavy atom. The Morgan fingerprint density at radius 1 is 1.54 bits per heavy atom. The SMILES string of the molecule is COC=C1CC2C=CC1(OC)CC2. The number of methoxy groups -OCH3 is 2. The summed E-state index contributed by atoms with van der Waals surface area (Å²) in [4.78, 5) is 0. The van der Waals surface area contributed by atoms with Crippen LogP contribution in [0.2, 0.25) is 0 Å². The van der Waals surface area contributed by atoms with Crippen molar-refractivity contribution in [1.29, 1.82) is 0 Å². The molecule has 0 aliphatic heterocycles. The zero-order valence-electron chi connectivity index (χ0n) is 8.25. The molecular formula is C11H16O2. The summed E-state index contributed by atoms with van der Waals surface area (Å²) >= 11 is 0. The summed E-state index contributed by atoms with van der Waals surface area (Å²) < 4.78 is 10.7. The summed E-state index contributed by atoms with van der Waals surface area (Å²) in [5.74, 6) is 0.707. The van der Waals surface area contributed by atoms with Gasteiger partial charge in [-0.05, 0) is 25.2 Å². The maximum atomic E-state index is 5.60. The summed E-state index contributed by atoms with van der Waals surface area (Å²) in [5, 5.41) is 0. The van der Waals surface area contributed by atoms with E-state index in [1.807, 2.05) is 6.26 Å². The molecule has 2 heteroatoms. The molecule has 0 amide bonds. The normalized spacial score (nSPS) is 39.8. The third kappa shape index (κ3) is 1.29. The third-order valence-electron chi connectivity index (χ3n) is 3.17. The molecule has 0 aromatic carbocycles. The lowest BCUT2D eigenvalue weighted by Crippen LogP contribution is -2.40. The minimum Gasteiger partial charge on any atom is -0.504 e. The van der Waals surface area contributed by atoms with E-state index in [0.717, 1.165) is 12.8 Å². The molecule has 1 saturated carbocycles. The van der Waals surface area contributed by atoms with Gasteiger partial charge >= 0.3 is 0 Å². The zero-order chi connectivity index (χ0) is 9.31. The summed E-state index contributed by atoms with van der Waals surface area (Å²) in [5.41, 5.74) is 1.14. The highest BCUT2D eigenvalue weighted by Gasteiger charge is 2.40. The van der Waals surface area contributed by atoms with Crippen molar-refractivity contribution in [2.75, 3.05) is 14.2 Å². The first kappa shape index (κ1) is 8.82. The second kappa shape index (κ2) is 3.18. The van der Waals surface area contributed by atoms with Gasteiger partial charge in [-0.3, -0.25) is 0 Å². The van der Waals surface area contributed by atoms with Crippen molar-refractivity contribution in [2.45, 2.75) is 24.9 Å². The fourth-order valence-electron chi connectivity index (χ4n) is 2.36. The van der Waals surface area contributed by atoms with Crippen LogP contribution in [0.5, 0.6) is 0 Å². The number of fused-ring (bicyclic) bond motifs is 2. The summed E-state index contributed by atoms with van der Waals surface area (Å²) in [6.45, 7) is 0. The van der Waals surface area contributed by atoms with Crippen LogP contribution in [0.4, 0.5) is 0 Å². The molecule has 0 radical (unpaired) electrons. The lowest BCUT2D eigenvalue weighted by atomic mass is 9.70. The maximum absolute atomic E-state index is 5.60. The van der Waals surface area contributed by atoms with Crippen molar-refractivity contribution in [2.24, 2.45) is 5.92 Å². The van der Waals surface area contributed by atoms with Gasteiger partial charge in [-0.1, -0.05) is 12.2 Å². The van der Waals surface area contributed by atoms with E-state index in [9.17, 15) is 0 Å². The van der Waals surface area contributed by atoms with E-state index in [1.54, 1.807) is 14.2 Å². The number of hydrogen-bond acceptors (Lipinski definition) is 2. The van der Waals surface area contributed by atoms with Crippen molar-refractivity contribution in [3.8, 4) is 0 Å². The molecule has 0 heterocycles. The highest BCUT2D eigenvalue weighted by molar-refractivity contribution is 5.32. The first-order valence-electron chi connectivity index (χ1n) is 4.77. The van der Waals surface area contributed by atoms with Crippen LogP contribution < -0.4 is 0 Å². The standard InChI is InChI=1S/C11H16O2/c1-12-8-10-7-9-3-5-11(10,13-2)6-4-9/h3,5,8-9H,4,6-7H2,1-2H3. The van der Waals surface area contributed by atoms with Gasteiger partial charge in [-0.15, -0.1) is 0 Å². The Morgan fingerprint density at radius 3 is 2.92 bits per heavy atom. The molecule has 2 atom stereocenters. The van der Waals surface area contributed by atoms with Crippen LogP contribution in [0.1, 0.15) is 19.3 Å². The molecule has 0 N–H and O–H groups in total. The topological polar surface area (TPSA) is 18.5 Å². The minimum absolute atomic E-state index is 0.148. The molecule has 2 bridgehead atoms. The van der Waals surface area contributed by atoms with E-state index in [-0.39, 0.29) is 5.60 Å². The van der Waals surface area contributed by atoms with Crippen LogP contribution in [-0.4, -0.2) is 19.8 Å². The van der Waals surface area contributed by atoms with Crippen LogP contribution in [0.25, 0.3) is 0 Å². The summed E-state index contributed by atoms with van der Waals surface area (Å²) in [7, 11) is 3.47. The van der Waals surface area contributed by atoms with Gasteiger partial charge in [0.25, 0.3) is 0 Å². The average Bonchev–Trinajstić information content (AvgIpc) is 2.20. The lowest BCUT2D eigenvalue weighted by molar-refractivity contribution is 0.0250. The first-order chi connectivity index (χ1) is 6.30. The molecule has 0 aromatic heterocycles. The minimum atomic E-state index is -0.148. The molecule has 2 nitrogen and oxygen atoms in total. The van der Waals surface area contributed by atoms with Crippen LogP contribution in [0.3, 0.4) is 0 Å². The van der Waals surface area contributed by atoms with E-state index in [0.29, 0.717) is 5.92 Å². The summed E-state index contributed by atoms with van der Waals surface area (Å²) in [6.07, 6.45) is 9.75. The van der Waals surface area contributed by atoms with Gasteiger partial charge in [0.05, 0.1) is 13.4 Å². The Bertz CT molecular complexity index is 255. The molecule has 3 aliphatic carbocycles. The molecule has 3 rings (SSSR count). The maximum Gasteiger partial charge on any atom is 0.110 e. The van der Waals surface area contributed by atoms with Gasteiger partial charge in [0.1, 0.15) is 5.60 Å². The van der Waals surface area contributed by atoms with Crippen molar-refractivity contribution in [1.82, 2.24) is 0 Å². The van der Waals surface area contributed by atoms with Crippen LogP contribution in [-0.2, 0) is 9.47 Å². The summed E-state index contributed by atoms with van der Waals surface area (Å²) in [6, 6.07) is 0. The molecule has 2 unspecified atom stereocenters. The van der Waals surface area contributed by atoms with E-state index >= 15 is 0 Å². The molecule has 72 valence electrons. The van der Waals surface area contributed by atoms with Gasteiger partial charge in [0.2, 0.25) is 0 Å². The molecule has 1 fully saturated rings. The fraction of sp³-hybridized carbons (Fsp3) is 0.636. The lowest BCUT2D eigenvalue weighted by Gasteiger charge is -2.42. The van der Waals surface area contributed by atoms with E-state index in [4.69, 9.17) is 9.47 Å². The number of ether oxygens (including phenoxy) is 2. The second-order valence-electron chi connectivity index (χ2n) is 3.83. The van der Waals surface area contributed by atoms with Crippen molar-refractivity contribution < 1.29 is 9.47 Å². The first-order valence-corrected chi connectivity index (χ1v) is 4.77. The Balaban J connectivity index is 2.32. The monoisotopic (exact) mass is 180 g/mol. The molecule has 3 aliphatic rings. The number of rotatable bonds is 2. The predicted molar refractivity (Wildman–Crippen MR) is 51.3 cm³/mol. The van der Waals surface area contributed by atoms with Crippen molar-refractivity contribution >= 4 is 0 Å². The number of hydrogen-bond donors (Lipinski definition) is 0. The van der Waals surface area contributed by atoms with Crippen LogP contribution in [0.15, 0.2) is 24.0 Å². The van der Waals surface area contributed by atoms with Crippen LogP contribution >= 0.6 is 0 Å². The average molecular weight is 180 g/mol. The fourth-order valence-corrected chi connectivity index (χ4v) is 2.36.